The molecule has 0 atom stereocenters. The Balaban J connectivity index is 1.49. The number of aryl methyl sites for hydroxylation is 2. The third kappa shape index (κ3) is 4.58. The Morgan fingerprint density at radius 1 is 0.963 bits per heavy atom. The van der Waals surface area contributed by atoms with E-state index in [0.29, 0.717) is 23.6 Å². The van der Waals surface area contributed by atoms with Crippen LogP contribution in [0.25, 0.3) is 0 Å². The number of hydrogen-bond donors (Lipinski definition) is 1. The number of nitrogens with one attached hydrogen (secondary N) is 1. The molecule has 0 aromatic heterocycles. The second-order valence-electron chi connectivity index (χ2n) is 6.38. The first kappa shape index (κ1) is 18.8. The highest BCUT2D eigenvalue weighted by Crippen LogP contribution is 2.27. The van der Waals surface area contributed by atoms with E-state index in [2.05, 4.69) is 5.32 Å². The van der Waals surface area contributed by atoms with Gasteiger partial charge in [0.2, 0.25) is 0 Å². The third-order valence-corrected chi connectivity index (χ3v) is 4.61. The van der Waals surface area contributed by atoms with Crippen molar-refractivity contribution in [1.82, 2.24) is 5.32 Å². The van der Waals surface area contributed by atoms with Crippen LogP contribution in [-0.4, -0.2) is 32.7 Å². The largest absolute Gasteiger partial charge is 0.493 e. The Morgan fingerprint density at radius 3 is 2.52 bits per heavy atom. The fraction of sp³-hybridized carbons (Fsp3) is 0.333. The average molecular weight is 369 g/mol. The molecule has 1 aliphatic carbocycles. The van der Waals surface area contributed by atoms with Crippen molar-refractivity contribution in [2.45, 2.75) is 25.8 Å². The highest BCUT2D eigenvalue weighted by molar-refractivity contribution is 5.91. The summed E-state index contributed by atoms with van der Waals surface area (Å²) in [7, 11) is 3.12. The van der Waals surface area contributed by atoms with Crippen LogP contribution in [0.3, 0.4) is 0 Å². The number of benzene rings is 2. The quantitative estimate of drug-likeness (QED) is 0.760. The molecule has 1 N–H and O–H groups in total. The third-order valence-electron chi connectivity index (χ3n) is 4.61. The molecule has 3 rings (SSSR count). The molecule has 0 unspecified atom stereocenters. The van der Waals surface area contributed by atoms with Crippen molar-refractivity contribution >= 4 is 11.9 Å². The van der Waals surface area contributed by atoms with Crippen molar-refractivity contribution in [1.29, 1.82) is 0 Å². The second kappa shape index (κ2) is 8.58. The van der Waals surface area contributed by atoms with Crippen LogP contribution in [0.5, 0.6) is 11.5 Å². The fourth-order valence-corrected chi connectivity index (χ4v) is 3.16. The molecule has 27 heavy (non-hydrogen) atoms. The average Bonchev–Trinajstić information content (AvgIpc) is 3.17. The first-order valence-corrected chi connectivity index (χ1v) is 8.87. The standard InChI is InChI=1S/C21H23NO5/c1-25-18-9-6-14(10-19(18)26-2)12-22-20(23)13-27-21(24)17-8-7-15-4-3-5-16(15)11-17/h6-11H,3-5,12-13H2,1-2H3,(H,22,23). The van der Waals surface area contributed by atoms with Crippen molar-refractivity contribution in [3.05, 3.63) is 58.7 Å². The first-order valence-electron chi connectivity index (χ1n) is 8.87. The number of rotatable bonds is 7. The van der Waals surface area contributed by atoms with Crippen LogP contribution in [-0.2, 0) is 28.9 Å². The second-order valence-corrected chi connectivity index (χ2v) is 6.38. The van der Waals surface area contributed by atoms with Crippen molar-refractivity contribution < 1.29 is 23.8 Å². The zero-order valence-corrected chi connectivity index (χ0v) is 15.5. The summed E-state index contributed by atoms with van der Waals surface area (Å²) in [6.45, 7) is -0.0151. The molecule has 0 spiro atoms. The number of methoxy groups -OCH3 is 2. The van der Waals surface area contributed by atoms with E-state index >= 15 is 0 Å². The Morgan fingerprint density at radius 2 is 1.74 bits per heavy atom. The monoisotopic (exact) mass is 369 g/mol. The molecule has 0 radical (unpaired) electrons. The molecule has 0 bridgehead atoms. The minimum absolute atomic E-state index is 0.301. The normalized spacial score (nSPS) is 12.2. The lowest BCUT2D eigenvalue weighted by Crippen LogP contribution is -2.28. The maximum Gasteiger partial charge on any atom is 0.338 e. The zero-order valence-electron chi connectivity index (χ0n) is 15.5. The van der Waals surface area contributed by atoms with Gasteiger partial charge in [-0.25, -0.2) is 4.79 Å². The van der Waals surface area contributed by atoms with Crippen LogP contribution in [0.15, 0.2) is 36.4 Å². The fourth-order valence-electron chi connectivity index (χ4n) is 3.16. The van der Waals surface area contributed by atoms with Gasteiger partial charge in [-0.3, -0.25) is 4.79 Å². The van der Waals surface area contributed by atoms with Gasteiger partial charge in [-0.1, -0.05) is 12.1 Å². The number of hydrogen-bond acceptors (Lipinski definition) is 5. The predicted molar refractivity (Wildman–Crippen MR) is 100 cm³/mol. The molecule has 0 fully saturated rings. The van der Waals surface area contributed by atoms with Gasteiger partial charge in [-0.05, 0) is 60.2 Å². The van der Waals surface area contributed by atoms with Crippen LogP contribution >= 0.6 is 0 Å². The van der Waals surface area contributed by atoms with Crippen LogP contribution in [0.2, 0.25) is 0 Å². The smallest absolute Gasteiger partial charge is 0.338 e. The minimum Gasteiger partial charge on any atom is -0.493 e. The topological polar surface area (TPSA) is 73.9 Å². The molecule has 2 aromatic rings. The van der Waals surface area contributed by atoms with Gasteiger partial charge < -0.3 is 19.5 Å². The maximum absolute atomic E-state index is 12.1. The highest BCUT2D eigenvalue weighted by atomic mass is 16.5. The summed E-state index contributed by atoms with van der Waals surface area (Å²) in [4.78, 5) is 24.1. The first-order chi connectivity index (χ1) is 13.1. The predicted octanol–water partition coefficient (Wildman–Crippen LogP) is 2.67. The van der Waals surface area contributed by atoms with Gasteiger partial charge in [0, 0.05) is 6.54 Å². The van der Waals surface area contributed by atoms with Gasteiger partial charge in [0.1, 0.15) is 0 Å². The summed E-state index contributed by atoms with van der Waals surface area (Å²) in [5.41, 5.74) is 3.83. The van der Waals surface area contributed by atoms with E-state index in [1.807, 2.05) is 18.2 Å². The Hall–Kier alpha value is -3.02. The van der Waals surface area contributed by atoms with Crippen LogP contribution in [0.1, 0.15) is 33.5 Å². The van der Waals surface area contributed by atoms with E-state index in [-0.39, 0.29) is 12.5 Å². The van der Waals surface area contributed by atoms with Crippen molar-refractivity contribution in [2.75, 3.05) is 20.8 Å². The zero-order chi connectivity index (χ0) is 19.2. The Labute approximate surface area is 158 Å². The Kier molecular flexibility index (Phi) is 5.96. The van der Waals surface area contributed by atoms with Crippen molar-refractivity contribution in [2.24, 2.45) is 0 Å². The van der Waals surface area contributed by atoms with Gasteiger partial charge in [0.05, 0.1) is 19.8 Å². The molecule has 0 saturated heterocycles. The minimum atomic E-state index is -0.481. The number of esters is 1. The summed E-state index contributed by atoms with van der Waals surface area (Å²) >= 11 is 0. The van der Waals surface area contributed by atoms with E-state index in [4.69, 9.17) is 14.2 Å². The molecule has 6 nitrogen and oxygen atoms in total. The molecule has 2 aromatic carbocycles. The van der Waals surface area contributed by atoms with Gasteiger partial charge in [-0.2, -0.15) is 0 Å². The molecule has 1 aliphatic rings. The van der Waals surface area contributed by atoms with Crippen LogP contribution < -0.4 is 14.8 Å². The number of carbonyl (C=O) groups is 2. The molecule has 6 heteroatoms. The molecular formula is C21H23NO5. The summed E-state index contributed by atoms with van der Waals surface area (Å²) in [5, 5.41) is 2.72. The number of amides is 1. The summed E-state index contributed by atoms with van der Waals surface area (Å²) < 4.78 is 15.5. The Bertz CT molecular complexity index is 846. The van der Waals surface area contributed by atoms with E-state index < -0.39 is 5.97 Å². The summed E-state index contributed by atoms with van der Waals surface area (Å²) in [6.07, 6.45) is 3.16. The van der Waals surface area contributed by atoms with Gasteiger partial charge in [-0.15, -0.1) is 0 Å². The molecule has 0 aliphatic heterocycles. The lowest BCUT2D eigenvalue weighted by Gasteiger charge is -2.11. The van der Waals surface area contributed by atoms with Crippen molar-refractivity contribution in [3.63, 3.8) is 0 Å². The SMILES string of the molecule is COc1ccc(CNC(=O)COC(=O)c2ccc3c(c2)CCC3)cc1OC. The van der Waals surface area contributed by atoms with Gasteiger partial charge >= 0.3 is 5.97 Å². The lowest BCUT2D eigenvalue weighted by atomic mass is 10.1. The number of ether oxygens (including phenoxy) is 3. The highest BCUT2D eigenvalue weighted by Gasteiger charge is 2.15. The summed E-state index contributed by atoms with van der Waals surface area (Å²) in [5.74, 6) is 0.369. The van der Waals surface area contributed by atoms with Crippen LogP contribution in [0.4, 0.5) is 0 Å². The van der Waals surface area contributed by atoms with E-state index in [1.54, 1.807) is 32.4 Å². The number of carbonyl (C=O) groups excluding carboxylic acids is 2. The number of fused-ring (bicyclic) bond motifs is 1. The van der Waals surface area contributed by atoms with Gasteiger partial charge in [0.25, 0.3) is 5.91 Å². The maximum atomic E-state index is 12.1. The summed E-state index contributed by atoms with van der Waals surface area (Å²) in [6, 6.07) is 11.0. The van der Waals surface area contributed by atoms with E-state index in [9.17, 15) is 9.59 Å². The molecule has 0 saturated carbocycles. The molecule has 0 heterocycles. The van der Waals surface area contributed by atoms with E-state index in [0.717, 1.165) is 24.8 Å². The van der Waals surface area contributed by atoms with E-state index in [1.165, 1.54) is 11.1 Å². The molecular weight excluding hydrogens is 346 g/mol. The molecule has 1 amide bonds. The van der Waals surface area contributed by atoms with Crippen LogP contribution in [0, 0.1) is 0 Å². The van der Waals surface area contributed by atoms with Gasteiger partial charge in [0.15, 0.2) is 18.1 Å². The molecule has 142 valence electrons. The lowest BCUT2D eigenvalue weighted by molar-refractivity contribution is -0.124. The van der Waals surface area contributed by atoms with Crippen molar-refractivity contribution in [3.8, 4) is 11.5 Å².